The van der Waals surface area contributed by atoms with Gasteiger partial charge >= 0.3 is 5.97 Å². The number of carbonyl (C=O) groups excluding carboxylic acids is 1. The van der Waals surface area contributed by atoms with E-state index in [9.17, 15) is 18.0 Å². The number of aliphatic carboxylic acids is 1. The normalized spacial score (nSPS) is 12.3. The Labute approximate surface area is 147 Å². The van der Waals surface area contributed by atoms with Gasteiger partial charge in [-0.1, -0.05) is 6.92 Å². The smallest absolute Gasteiger partial charge is 0.308 e. The summed E-state index contributed by atoms with van der Waals surface area (Å²) in [6.07, 6.45) is -0.237. The number of carboxylic acid groups (broad SMARTS) is 1. The van der Waals surface area contributed by atoms with Gasteiger partial charge in [0.15, 0.2) is 21.3 Å². The SMILES string of the molecule is COc1ccc(S(=O)(=O)CCC(=O)N(C)CC(C)C(=O)O)cc1OC. The van der Waals surface area contributed by atoms with E-state index in [0.29, 0.717) is 5.75 Å². The zero-order valence-corrected chi connectivity index (χ0v) is 15.5. The number of amides is 1. The third kappa shape index (κ3) is 5.63. The second kappa shape index (κ2) is 8.70. The molecule has 9 heteroatoms. The molecule has 0 heterocycles. The molecule has 1 unspecified atom stereocenters. The van der Waals surface area contributed by atoms with Gasteiger partial charge in [0, 0.05) is 26.1 Å². The van der Waals surface area contributed by atoms with Crippen molar-refractivity contribution < 1.29 is 32.6 Å². The molecule has 0 saturated carbocycles. The summed E-state index contributed by atoms with van der Waals surface area (Å²) in [5.74, 6) is -1.87. The number of carbonyl (C=O) groups is 2. The van der Waals surface area contributed by atoms with Crippen LogP contribution in [-0.2, 0) is 19.4 Å². The summed E-state index contributed by atoms with van der Waals surface area (Å²) >= 11 is 0. The van der Waals surface area contributed by atoms with Crippen molar-refractivity contribution in [2.45, 2.75) is 18.2 Å². The molecule has 0 fully saturated rings. The minimum Gasteiger partial charge on any atom is -0.493 e. The second-order valence-corrected chi connectivity index (χ2v) is 7.71. The molecule has 1 aromatic carbocycles. The van der Waals surface area contributed by atoms with Gasteiger partial charge < -0.3 is 19.5 Å². The van der Waals surface area contributed by atoms with E-state index in [-0.39, 0.29) is 29.4 Å². The number of rotatable bonds is 9. The van der Waals surface area contributed by atoms with E-state index in [1.54, 1.807) is 0 Å². The third-order valence-corrected chi connectivity index (χ3v) is 5.41. The maximum absolute atomic E-state index is 12.4. The number of sulfone groups is 1. The van der Waals surface area contributed by atoms with Crippen LogP contribution in [-0.4, -0.2) is 63.9 Å². The Morgan fingerprint density at radius 3 is 2.32 bits per heavy atom. The molecule has 8 nitrogen and oxygen atoms in total. The highest BCUT2D eigenvalue weighted by Crippen LogP contribution is 2.29. The molecule has 0 aliphatic rings. The average Bonchev–Trinajstić information content (AvgIpc) is 2.58. The largest absolute Gasteiger partial charge is 0.493 e. The number of ether oxygens (including phenoxy) is 2. The Morgan fingerprint density at radius 2 is 1.80 bits per heavy atom. The van der Waals surface area contributed by atoms with E-state index in [4.69, 9.17) is 14.6 Å². The lowest BCUT2D eigenvalue weighted by Gasteiger charge is -2.19. The van der Waals surface area contributed by atoms with Crippen molar-refractivity contribution >= 4 is 21.7 Å². The number of hydrogen-bond donors (Lipinski definition) is 1. The van der Waals surface area contributed by atoms with Crippen molar-refractivity contribution in [1.82, 2.24) is 4.90 Å². The molecule has 0 aromatic heterocycles. The predicted octanol–water partition coefficient (Wildman–Crippen LogP) is 1.05. The minimum atomic E-state index is -3.69. The molecular weight excluding hydrogens is 350 g/mol. The van der Waals surface area contributed by atoms with E-state index in [0.717, 1.165) is 0 Å². The number of carboxylic acids is 1. The standard InChI is InChI=1S/C16H23NO7S/c1-11(16(19)20)10-17(2)15(18)7-8-25(21,22)12-5-6-13(23-3)14(9-12)24-4/h5-6,9,11H,7-8,10H2,1-4H3,(H,19,20). The first-order valence-corrected chi connectivity index (χ1v) is 9.19. The maximum Gasteiger partial charge on any atom is 0.308 e. The third-order valence-electron chi connectivity index (χ3n) is 3.69. The first-order valence-electron chi connectivity index (χ1n) is 7.54. The molecule has 1 N–H and O–H groups in total. The van der Waals surface area contributed by atoms with Crippen LogP contribution in [0.1, 0.15) is 13.3 Å². The first kappa shape index (κ1) is 20.8. The molecule has 1 amide bonds. The van der Waals surface area contributed by atoms with Gasteiger partial charge in [-0.3, -0.25) is 9.59 Å². The summed E-state index contributed by atoms with van der Waals surface area (Å²) in [5.41, 5.74) is 0. The highest BCUT2D eigenvalue weighted by Gasteiger charge is 2.22. The van der Waals surface area contributed by atoms with E-state index in [2.05, 4.69) is 0 Å². The Morgan fingerprint density at radius 1 is 1.20 bits per heavy atom. The maximum atomic E-state index is 12.4. The molecule has 0 spiro atoms. The summed E-state index contributed by atoms with van der Waals surface area (Å²) in [7, 11) is 0.601. The van der Waals surface area contributed by atoms with Gasteiger partial charge in [0.1, 0.15) is 0 Å². The lowest BCUT2D eigenvalue weighted by Crippen LogP contribution is -2.34. The number of methoxy groups -OCH3 is 2. The Balaban J connectivity index is 2.78. The van der Waals surface area contributed by atoms with Crippen LogP contribution >= 0.6 is 0 Å². The second-order valence-electron chi connectivity index (χ2n) is 5.60. The first-order chi connectivity index (χ1) is 11.6. The summed E-state index contributed by atoms with van der Waals surface area (Å²) in [6.45, 7) is 1.50. The average molecular weight is 373 g/mol. The fourth-order valence-electron chi connectivity index (χ4n) is 2.13. The van der Waals surface area contributed by atoms with Crippen molar-refractivity contribution in [3.05, 3.63) is 18.2 Å². The van der Waals surface area contributed by atoms with Crippen LogP contribution in [0.2, 0.25) is 0 Å². The fourth-order valence-corrected chi connectivity index (χ4v) is 3.37. The Kier molecular flexibility index (Phi) is 7.22. The van der Waals surface area contributed by atoms with Crippen LogP contribution in [0, 0.1) is 5.92 Å². The highest BCUT2D eigenvalue weighted by molar-refractivity contribution is 7.91. The summed E-state index contributed by atoms with van der Waals surface area (Å²) in [4.78, 5) is 24.1. The van der Waals surface area contributed by atoms with Crippen molar-refractivity contribution in [3.63, 3.8) is 0 Å². The quantitative estimate of drug-likeness (QED) is 0.689. The number of nitrogens with zero attached hydrogens (tertiary/aromatic N) is 1. The van der Waals surface area contributed by atoms with Gasteiger partial charge in [-0.15, -0.1) is 0 Å². The summed E-state index contributed by atoms with van der Waals surface area (Å²) in [5, 5.41) is 8.86. The molecule has 0 saturated heterocycles. The fraction of sp³-hybridized carbons (Fsp3) is 0.500. The minimum absolute atomic E-state index is 0.0184. The Hall–Kier alpha value is -2.29. The highest BCUT2D eigenvalue weighted by atomic mass is 32.2. The van der Waals surface area contributed by atoms with Gasteiger partial charge in [-0.2, -0.15) is 0 Å². The lowest BCUT2D eigenvalue weighted by molar-refractivity contribution is -0.142. The molecule has 0 aliphatic heterocycles. The molecule has 0 radical (unpaired) electrons. The summed E-state index contributed by atoms with van der Waals surface area (Å²) in [6, 6.07) is 4.21. The molecule has 0 aliphatic carbocycles. The molecular formula is C16H23NO7S. The van der Waals surface area contributed by atoms with Gasteiger partial charge in [-0.05, 0) is 12.1 Å². The van der Waals surface area contributed by atoms with Crippen LogP contribution < -0.4 is 9.47 Å². The van der Waals surface area contributed by atoms with E-state index in [1.165, 1.54) is 51.3 Å². The van der Waals surface area contributed by atoms with Crippen LogP contribution in [0.5, 0.6) is 11.5 Å². The van der Waals surface area contributed by atoms with Crippen molar-refractivity contribution in [2.75, 3.05) is 33.6 Å². The van der Waals surface area contributed by atoms with Gasteiger partial charge in [-0.25, -0.2) is 8.42 Å². The predicted molar refractivity (Wildman–Crippen MR) is 90.7 cm³/mol. The van der Waals surface area contributed by atoms with E-state index < -0.39 is 27.6 Å². The van der Waals surface area contributed by atoms with Crippen molar-refractivity contribution in [3.8, 4) is 11.5 Å². The Bertz CT molecular complexity index is 730. The van der Waals surface area contributed by atoms with Crippen LogP contribution in [0.3, 0.4) is 0 Å². The zero-order valence-electron chi connectivity index (χ0n) is 14.7. The molecule has 140 valence electrons. The van der Waals surface area contributed by atoms with E-state index >= 15 is 0 Å². The van der Waals surface area contributed by atoms with Crippen LogP contribution in [0.15, 0.2) is 23.1 Å². The lowest BCUT2D eigenvalue weighted by atomic mass is 10.2. The van der Waals surface area contributed by atoms with Gasteiger partial charge in [0.05, 0.1) is 30.8 Å². The van der Waals surface area contributed by atoms with Crippen LogP contribution in [0.25, 0.3) is 0 Å². The topological polar surface area (TPSA) is 110 Å². The van der Waals surface area contributed by atoms with Crippen LogP contribution in [0.4, 0.5) is 0 Å². The molecule has 1 rings (SSSR count). The summed E-state index contributed by atoms with van der Waals surface area (Å²) < 4.78 is 34.9. The van der Waals surface area contributed by atoms with Crippen molar-refractivity contribution in [2.24, 2.45) is 5.92 Å². The molecule has 1 aromatic rings. The zero-order chi connectivity index (χ0) is 19.2. The van der Waals surface area contributed by atoms with Crippen molar-refractivity contribution in [1.29, 1.82) is 0 Å². The van der Waals surface area contributed by atoms with E-state index in [1.807, 2.05) is 0 Å². The molecule has 1 atom stereocenters. The number of benzene rings is 1. The monoisotopic (exact) mass is 373 g/mol. The number of hydrogen-bond acceptors (Lipinski definition) is 6. The molecule has 25 heavy (non-hydrogen) atoms. The molecule has 0 bridgehead atoms. The van der Waals surface area contributed by atoms with Gasteiger partial charge in [0.2, 0.25) is 5.91 Å². The van der Waals surface area contributed by atoms with Gasteiger partial charge in [0.25, 0.3) is 0 Å².